The Labute approximate surface area is 125 Å². The maximum atomic E-state index is 11.6. The van der Waals surface area contributed by atoms with Gasteiger partial charge in [-0.15, -0.1) is 11.8 Å². The Hall–Kier alpha value is -1.16. The zero-order valence-corrected chi connectivity index (χ0v) is 13.0. The van der Waals surface area contributed by atoms with Gasteiger partial charge >= 0.3 is 5.97 Å². The maximum absolute atomic E-state index is 11.6. The molecule has 20 heavy (non-hydrogen) atoms. The second-order valence-corrected chi connectivity index (χ2v) is 6.74. The van der Waals surface area contributed by atoms with Gasteiger partial charge in [0.2, 0.25) is 0 Å². The van der Waals surface area contributed by atoms with Gasteiger partial charge in [-0.2, -0.15) is 0 Å². The van der Waals surface area contributed by atoms with E-state index >= 15 is 0 Å². The molecular weight excluding hydrogens is 270 g/mol. The van der Waals surface area contributed by atoms with E-state index in [0.29, 0.717) is 17.5 Å². The second kappa shape index (κ2) is 7.02. The van der Waals surface area contributed by atoms with Crippen molar-refractivity contribution >= 4 is 23.4 Å². The number of aromatic carboxylic acids is 1. The first kappa shape index (κ1) is 15.2. The predicted molar refractivity (Wildman–Crippen MR) is 84.8 cm³/mol. The fraction of sp³-hybridized carbons (Fsp3) is 0.562. The van der Waals surface area contributed by atoms with E-state index in [9.17, 15) is 9.90 Å². The summed E-state index contributed by atoms with van der Waals surface area (Å²) in [4.78, 5) is 12.4. The molecule has 1 saturated carbocycles. The molecule has 1 aromatic rings. The summed E-state index contributed by atoms with van der Waals surface area (Å²) >= 11 is 1.59. The smallest absolute Gasteiger partial charge is 0.338 e. The molecule has 1 aliphatic rings. The molecular formula is C16H23NO2S. The highest BCUT2D eigenvalue weighted by atomic mass is 32.2. The van der Waals surface area contributed by atoms with Crippen molar-refractivity contribution in [1.82, 2.24) is 0 Å². The lowest BCUT2D eigenvalue weighted by atomic mass is 9.85. The van der Waals surface area contributed by atoms with Crippen LogP contribution >= 0.6 is 11.8 Å². The molecule has 0 amide bonds. The molecule has 2 rings (SSSR count). The number of benzene rings is 1. The average Bonchev–Trinajstić information content (AvgIpc) is 2.41. The van der Waals surface area contributed by atoms with Gasteiger partial charge in [-0.3, -0.25) is 0 Å². The molecule has 2 N–H and O–H groups in total. The maximum Gasteiger partial charge on any atom is 0.338 e. The van der Waals surface area contributed by atoms with Crippen LogP contribution in [0.4, 0.5) is 5.69 Å². The molecule has 1 fully saturated rings. The number of rotatable bonds is 5. The van der Waals surface area contributed by atoms with Crippen molar-refractivity contribution in [3.8, 4) is 0 Å². The summed E-state index contributed by atoms with van der Waals surface area (Å²) in [6, 6.07) is 6.13. The summed E-state index contributed by atoms with van der Waals surface area (Å²) in [5.41, 5.74) is 1.20. The van der Waals surface area contributed by atoms with Crippen LogP contribution in [0.3, 0.4) is 0 Å². The number of carbonyl (C=O) groups is 1. The van der Waals surface area contributed by atoms with Crippen LogP contribution in [0.25, 0.3) is 0 Å². The minimum atomic E-state index is -0.840. The molecule has 4 heteroatoms. The van der Waals surface area contributed by atoms with Crippen LogP contribution in [0.15, 0.2) is 23.1 Å². The first-order valence-corrected chi connectivity index (χ1v) is 8.37. The van der Waals surface area contributed by atoms with Crippen LogP contribution in [0.2, 0.25) is 0 Å². The fourth-order valence-electron chi connectivity index (χ4n) is 2.88. The van der Waals surface area contributed by atoms with E-state index in [2.05, 4.69) is 12.2 Å². The fourth-order valence-corrected chi connectivity index (χ4v) is 3.71. The molecule has 3 nitrogen and oxygen atoms in total. The van der Waals surface area contributed by atoms with Gasteiger partial charge in [-0.1, -0.05) is 32.8 Å². The molecule has 0 bridgehead atoms. The highest BCUT2D eigenvalue weighted by Gasteiger charge is 2.23. The third-order valence-corrected chi connectivity index (χ3v) is 4.93. The third kappa shape index (κ3) is 3.48. The van der Waals surface area contributed by atoms with Crippen LogP contribution in [-0.4, -0.2) is 22.9 Å². The van der Waals surface area contributed by atoms with Crippen LogP contribution in [-0.2, 0) is 0 Å². The van der Waals surface area contributed by atoms with Crippen molar-refractivity contribution in [2.75, 3.05) is 11.1 Å². The Morgan fingerprint density at radius 3 is 2.80 bits per heavy atom. The lowest BCUT2D eigenvalue weighted by Gasteiger charge is -2.31. The number of hydrogen-bond acceptors (Lipinski definition) is 3. The number of thioether (sulfide) groups is 1. The molecule has 2 unspecified atom stereocenters. The molecule has 110 valence electrons. The number of carboxylic acids is 1. The van der Waals surface area contributed by atoms with Gasteiger partial charge in [0.1, 0.15) is 0 Å². The topological polar surface area (TPSA) is 49.3 Å². The Bertz CT molecular complexity index is 476. The van der Waals surface area contributed by atoms with Crippen molar-refractivity contribution in [3.05, 3.63) is 23.8 Å². The number of hydrogen-bond donors (Lipinski definition) is 2. The number of carboxylic acid groups (broad SMARTS) is 1. The molecule has 0 saturated heterocycles. The number of anilines is 1. The van der Waals surface area contributed by atoms with Crippen molar-refractivity contribution in [3.63, 3.8) is 0 Å². The van der Waals surface area contributed by atoms with Gasteiger partial charge in [0, 0.05) is 10.9 Å². The van der Waals surface area contributed by atoms with Crippen molar-refractivity contribution in [1.29, 1.82) is 0 Å². The second-order valence-electron chi connectivity index (χ2n) is 5.43. The van der Waals surface area contributed by atoms with Crippen LogP contribution < -0.4 is 5.32 Å². The first-order valence-electron chi connectivity index (χ1n) is 7.39. The lowest BCUT2D eigenvalue weighted by molar-refractivity contribution is 0.0694. The zero-order chi connectivity index (χ0) is 14.5. The van der Waals surface area contributed by atoms with Gasteiger partial charge < -0.3 is 10.4 Å². The summed E-state index contributed by atoms with van der Waals surface area (Å²) in [6.07, 6.45) is 4.87. The molecule has 0 spiro atoms. The van der Waals surface area contributed by atoms with Gasteiger partial charge in [0.25, 0.3) is 0 Å². The summed E-state index contributed by atoms with van der Waals surface area (Å²) < 4.78 is 0. The highest BCUT2D eigenvalue weighted by Crippen LogP contribution is 2.32. The van der Waals surface area contributed by atoms with Gasteiger partial charge in [-0.25, -0.2) is 4.79 Å². The Morgan fingerprint density at radius 2 is 2.15 bits per heavy atom. The molecule has 0 radical (unpaired) electrons. The normalized spacial score (nSPS) is 22.5. The average molecular weight is 293 g/mol. The zero-order valence-electron chi connectivity index (χ0n) is 12.2. The van der Waals surface area contributed by atoms with Crippen LogP contribution in [0.1, 0.15) is 49.9 Å². The van der Waals surface area contributed by atoms with Crippen molar-refractivity contribution in [2.45, 2.75) is 50.5 Å². The van der Waals surface area contributed by atoms with Crippen molar-refractivity contribution < 1.29 is 9.90 Å². The van der Waals surface area contributed by atoms with Gasteiger partial charge in [-0.05, 0) is 36.6 Å². The van der Waals surface area contributed by atoms with Crippen LogP contribution in [0.5, 0.6) is 0 Å². The van der Waals surface area contributed by atoms with E-state index in [1.165, 1.54) is 19.3 Å². The summed E-state index contributed by atoms with van der Waals surface area (Å²) in [5.74, 6) is 0.643. The minimum absolute atomic E-state index is 0.392. The molecule has 0 aromatic heterocycles. The van der Waals surface area contributed by atoms with E-state index in [1.807, 2.05) is 25.1 Å². The number of nitrogens with one attached hydrogen (secondary N) is 1. The SMILES string of the molecule is CCSc1cccc(NC2CCCCC2C)c1C(=O)O. The largest absolute Gasteiger partial charge is 0.478 e. The third-order valence-electron chi connectivity index (χ3n) is 3.99. The molecule has 0 heterocycles. The lowest BCUT2D eigenvalue weighted by Crippen LogP contribution is -2.31. The first-order chi connectivity index (χ1) is 9.63. The van der Waals surface area contributed by atoms with E-state index in [1.54, 1.807) is 11.8 Å². The molecule has 1 aliphatic carbocycles. The highest BCUT2D eigenvalue weighted by molar-refractivity contribution is 7.99. The molecule has 1 aromatic carbocycles. The molecule has 0 aliphatic heterocycles. The van der Waals surface area contributed by atoms with Crippen molar-refractivity contribution in [2.24, 2.45) is 5.92 Å². The Morgan fingerprint density at radius 1 is 1.40 bits per heavy atom. The van der Waals surface area contributed by atoms with Gasteiger partial charge in [0.15, 0.2) is 0 Å². The van der Waals surface area contributed by atoms with Gasteiger partial charge in [0.05, 0.1) is 11.3 Å². The van der Waals surface area contributed by atoms with Crippen LogP contribution in [0, 0.1) is 5.92 Å². The summed E-state index contributed by atoms with van der Waals surface area (Å²) in [7, 11) is 0. The van der Waals surface area contributed by atoms with E-state index < -0.39 is 5.97 Å². The van der Waals surface area contributed by atoms with E-state index in [-0.39, 0.29) is 0 Å². The standard InChI is InChI=1S/C16H23NO2S/c1-3-20-14-10-6-9-13(15(14)16(18)19)17-12-8-5-4-7-11(12)2/h6,9-12,17H,3-5,7-8H2,1-2H3,(H,18,19). The van der Waals surface area contributed by atoms with E-state index in [0.717, 1.165) is 22.8 Å². The Balaban J connectivity index is 2.26. The Kier molecular flexibility index (Phi) is 5.35. The quantitative estimate of drug-likeness (QED) is 0.785. The monoisotopic (exact) mass is 293 g/mol. The summed E-state index contributed by atoms with van der Waals surface area (Å²) in [6.45, 7) is 4.29. The van der Waals surface area contributed by atoms with E-state index in [4.69, 9.17) is 0 Å². The minimum Gasteiger partial charge on any atom is -0.478 e. The molecule has 2 atom stereocenters. The summed E-state index contributed by atoms with van der Waals surface area (Å²) in [5, 5.41) is 13.0. The predicted octanol–water partition coefficient (Wildman–Crippen LogP) is 4.49.